The Morgan fingerprint density at radius 2 is 1.91 bits per heavy atom. The first-order chi connectivity index (χ1) is 15.1. The summed E-state index contributed by atoms with van der Waals surface area (Å²) in [7, 11) is 0. The maximum Gasteiger partial charge on any atom is 0.310 e. The molecule has 0 saturated carbocycles. The number of amides is 2. The molecule has 3 saturated heterocycles. The van der Waals surface area contributed by atoms with Crippen LogP contribution in [0.15, 0.2) is 12.7 Å². The van der Waals surface area contributed by atoms with Crippen molar-refractivity contribution in [1.29, 1.82) is 0 Å². The number of hydrogen-bond acceptors (Lipinski definition) is 5. The smallest absolute Gasteiger partial charge is 0.310 e. The summed E-state index contributed by atoms with van der Waals surface area (Å²) >= 11 is 0. The van der Waals surface area contributed by atoms with Gasteiger partial charge in [-0.05, 0) is 52.4 Å². The van der Waals surface area contributed by atoms with Gasteiger partial charge < -0.3 is 24.7 Å². The third-order valence-corrected chi connectivity index (χ3v) is 7.72. The molecule has 3 heterocycles. The molecule has 6 atom stereocenters. The molecule has 33 heavy (non-hydrogen) atoms. The predicted octanol–water partition coefficient (Wildman–Crippen LogP) is 2.45. The normalized spacial score (nSPS) is 34.4. The highest BCUT2D eigenvalue weighted by atomic mass is 16.5. The number of carboxylic acids is 1. The van der Waals surface area contributed by atoms with Gasteiger partial charge in [-0.15, -0.1) is 6.58 Å². The van der Waals surface area contributed by atoms with Crippen LogP contribution in [0.5, 0.6) is 0 Å². The van der Waals surface area contributed by atoms with Gasteiger partial charge in [-0.1, -0.05) is 26.8 Å². The molecule has 2 bridgehead atoms. The van der Waals surface area contributed by atoms with E-state index in [1.54, 1.807) is 24.8 Å². The first-order valence-electron chi connectivity index (χ1n) is 11.8. The van der Waals surface area contributed by atoms with Gasteiger partial charge >= 0.3 is 5.97 Å². The third kappa shape index (κ3) is 3.89. The van der Waals surface area contributed by atoms with E-state index >= 15 is 0 Å². The van der Waals surface area contributed by atoms with E-state index < -0.39 is 52.5 Å². The fourth-order valence-corrected chi connectivity index (χ4v) is 6.89. The standard InChI is InChI=1S/C25H40N2O6/c1-9-12-26(23(6,7)14-22(3,4)5)20(30)18-25-11-10-24(8,33-25)17(21(31)32)16(25)19(29)27(18)15(2)13-28/h9,15-18,28H,1,10-14H2,2-8H3,(H,31,32)/t15-,16+,17-,18?,24+,25?/m1/s1. The quantitative estimate of drug-likeness (QED) is 0.535. The van der Waals surface area contributed by atoms with Gasteiger partial charge in [-0.25, -0.2) is 0 Å². The number of aliphatic hydroxyl groups excluding tert-OH is 1. The average molecular weight is 465 g/mol. The minimum absolute atomic E-state index is 0.0578. The van der Waals surface area contributed by atoms with Crippen LogP contribution in [-0.2, 0) is 19.1 Å². The summed E-state index contributed by atoms with van der Waals surface area (Å²) in [5.41, 5.74) is -2.82. The van der Waals surface area contributed by atoms with Crippen LogP contribution in [-0.4, -0.2) is 79.8 Å². The van der Waals surface area contributed by atoms with Gasteiger partial charge in [0.05, 0.1) is 30.1 Å². The molecule has 3 aliphatic rings. The van der Waals surface area contributed by atoms with Crippen molar-refractivity contribution < 1.29 is 29.3 Å². The number of rotatable bonds is 8. The van der Waals surface area contributed by atoms with Crippen LogP contribution in [0.3, 0.4) is 0 Å². The second-order valence-corrected chi connectivity index (χ2v) is 12.1. The number of likely N-dealkylation sites (tertiary alicyclic amines) is 1. The Morgan fingerprint density at radius 3 is 2.39 bits per heavy atom. The van der Waals surface area contributed by atoms with Crippen LogP contribution in [0.1, 0.15) is 67.7 Å². The Hall–Kier alpha value is -1.93. The Bertz CT molecular complexity index is 848. The Labute approximate surface area is 196 Å². The van der Waals surface area contributed by atoms with Gasteiger partial charge in [0, 0.05) is 12.1 Å². The summed E-state index contributed by atoms with van der Waals surface area (Å²) in [6.45, 7) is 17.5. The van der Waals surface area contributed by atoms with Gasteiger partial charge in [0.1, 0.15) is 11.6 Å². The number of carbonyl (C=O) groups excluding carboxylic acids is 2. The first kappa shape index (κ1) is 25.7. The summed E-state index contributed by atoms with van der Waals surface area (Å²) in [4.78, 5) is 43.4. The number of carbonyl (C=O) groups is 3. The van der Waals surface area contributed by atoms with E-state index in [1.807, 2.05) is 13.8 Å². The highest BCUT2D eigenvalue weighted by molar-refractivity contribution is 5.98. The van der Waals surface area contributed by atoms with Crippen LogP contribution in [0, 0.1) is 17.3 Å². The van der Waals surface area contributed by atoms with Crippen molar-refractivity contribution in [2.24, 2.45) is 17.3 Å². The molecule has 0 aromatic heterocycles. The van der Waals surface area contributed by atoms with E-state index in [-0.39, 0.29) is 24.5 Å². The van der Waals surface area contributed by atoms with Crippen LogP contribution in [0.2, 0.25) is 0 Å². The molecule has 8 heteroatoms. The average Bonchev–Trinajstić information content (AvgIpc) is 3.23. The van der Waals surface area contributed by atoms with Crippen molar-refractivity contribution in [2.45, 2.75) is 96.6 Å². The number of aliphatic hydroxyl groups is 1. The van der Waals surface area contributed by atoms with Crippen LogP contribution >= 0.6 is 0 Å². The molecule has 2 amide bonds. The van der Waals surface area contributed by atoms with E-state index in [0.29, 0.717) is 19.3 Å². The molecular weight excluding hydrogens is 424 g/mol. The number of hydrogen-bond donors (Lipinski definition) is 2. The molecule has 3 fully saturated rings. The SMILES string of the molecule is C=CCN(C(=O)C1N([C@H](C)CO)C(=O)[C@@H]2[C@H](C(=O)O)[C@]3(C)CCC12O3)C(C)(C)CC(C)(C)C. The lowest BCUT2D eigenvalue weighted by atomic mass is 9.66. The zero-order chi connectivity index (χ0) is 25.1. The molecule has 0 radical (unpaired) electrons. The topological polar surface area (TPSA) is 107 Å². The van der Waals surface area contributed by atoms with E-state index in [9.17, 15) is 24.6 Å². The lowest BCUT2D eigenvalue weighted by Crippen LogP contribution is -2.62. The first-order valence-corrected chi connectivity index (χ1v) is 11.8. The zero-order valence-corrected chi connectivity index (χ0v) is 21.1. The van der Waals surface area contributed by atoms with Crippen LogP contribution in [0.4, 0.5) is 0 Å². The number of fused-ring (bicyclic) bond motifs is 1. The Kier molecular flexibility index (Phi) is 6.29. The molecule has 0 aliphatic carbocycles. The molecule has 1 spiro atoms. The van der Waals surface area contributed by atoms with Crippen molar-refractivity contribution >= 4 is 17.8 Å². The highest BCUT2D eigenvalue weighted by Gasteiger charge is 2.78. The van der Waals surface area contributed by atoms with Crippen molar-refractivity contribution in [3.8, 4) is 0 Å². The van der Waals surface area contributed by atoms with Crippen LogP contribution in [0.25, 0.3) is 0 Å². The molecular formula is C25H40N2O6. The molecule has 0 aromatic rings. The summed E-state index contributed by atoms with van der Waals surface area (Å²) in [5, 5.41) is 19.9. The van der Waals surface area contributed by atoms with E-state index in [1.165, 1.54) is 4.90 Å². The van der Waals surface area contributed by atoms with Gasteiger partial charge in [0.2, 0.25) is 11.8 Å². The second-order valence-electron chi connectivity index (χ2n) is 12.1. The zero-order valence-electron chi connectivity index (χ0n) is 21.1. The summed E-state index contributed by atoms with van der Waals surface area (Å²) in [5.74, 6) is -3.76. The minimum atomic E-state index is -1.22. The number of ether oxygens (including phenoxy) is 1. The lowest BCUT2D eigenvalue weighted by molar-refractivity contribution is -0.160. The van der Waals surface area contributed by atoms with Gasteiger partial charge in [-0.3, -0.25) is 14.4 Å². The summed E-state index contributed by atoms with van der Waals surface area (Å²) in [6, 6.07) is -1.64. The second kappa shape index (κ2) is 8.08. The van der Waals surface area contributed by atoms with Crippen molar-refractivity contribution in [3.63, 3.8) is 0 Å². The maximum atomic E-state index is 14.3. The largest absolute Gasteiger partial charge is 0.481 e. The number of nitrogens with zero attached hydrogens (tertiary/aromatic N) is 2. The summed E-state index contributed by atoms with van der Waals surface area (Å²) in [6.07, 6.45) is 3.27. The predicted molar refractivity (Wildman–Crippen MR) is 123 cm³/mol. The fraction of sp³-hybridized carbons (Fsp3) is 0.800. The fourth-order valence-electron chi connectivity index (χ4n) is 6.89. The third-order valence-electron chi connectivity index (χ3n) is 7.72. The van der Waals surface area contributed by atoms with Crippen molar-refractivity contribution in [2.75, 3.05) is 13.2 Å². The van der Waals surface area contributed by atoms with Crippen molar-refractivity contribution in [3.05, 3.63) is 12.7 Å². The lowest BCUT2D eigenvalue weighted by Gasteiger charge is -2.46. The van der Waals surface area contributed by atoms with Crippen molar-refractivity contribution in [1.82, 2.24) is 9.80 Å². The molecule has 0 aromatic carbocycles. The number of aliphatic carboxylic acids is 1. The van der Waals surface area contributed by atoms with E-state index in [0.717, 1.165) is 0 Å². The molecule has 2 N–H and O–H groups in total. The van der Waals surface area contributed by atoms with E-state index in [4.69, 9.17) is 4.74 Å². The minimum Gasteiger partial charge on any atom is -0.481 e. The molecule has 186 valence electrons. The van der Waals surface area contributed by atoms with Gasteiger partial charge in [-0.2, -0.15) is 0 Å². The monoisotopic (exact) mass is 464 g/mol. The van der Waals surface area contributed by atoms with Gasteiger partial charge in [0.25, 0.3) is 0 Å². The van der Waals surface area contributed by atoms with Gasteiger partial charge in [0.15, 0.2) is 0 Å². The maximum absolute atomic E-state index is 14.3. The van der Waals surface area contributed by atoms with Crippen LogP contribution < -0.4 is 0 Å². The highest BCUT2D eigenvalue weighted by Crippen LogP contribution is 2.63. The molecule has 3 rings (SSSR count). The number of carboxylic acid groups (broad SMARTS) is 1. The molecule has 8 nitrogen and oxygen atoms in total. The van der Waals surface area contributed by atoms with E-state index in [2.05, 4.69) is 27.4 Å². The summed E-state index contributed by atoms with van der Waals surface area (Å²) < 4.78 is 6.42. The molecule has 3 aliphatic heterocycles. The molecule has 2 unspecified atom stereocenters. The Balaban J connectivity index is 2.13. The Morgan fingerprint density at radius 1 is 1.30 bits per heavy atom.